The third-order valence-electron chi connectivity index (χ3n) is 4.20. The second-order valence-corrected chi connectivity index (χ2v) is 7.35. The van der Waals surface area contributed by atoms with Gasteiger partial charge in [-0.05, 0) is 53.1 Å². The molecule has 0 saturated carbocycles. The van der Waals surface area contributed by atoms with Crippen LogP contribution in [0.15, 0.2) is 47.6 Å². The first-order valence-electron chi connectivity index (χ1n) is 9.22. The molecule has 0 saturated heterocycles. The van der Waals surface area contributed by atoms with Crippen molar-refractivity contribution in [1.29, 1.82) is 0 Å². The van der Waals surface area contributed by atoms with E-state index in [2.05, 4.69) is 27.8 Å². The number of nitro groups is 1. The lowest BCUT2D eigenvalue weighted by molar-refractivity contribution is -0.387. The molecule has 30 heavy (non-hydrogen) atoms. The molecule has 1 N–H and O–H groups in total. The second kappa shape index (κ2) is 9.92. The Balaban J connectivity index is 1.62. The lowest BCUT2D eigenvalue weighted by Gasteiger charge is -2.07. The van der Waals surface area contributed by atoms with Crippen LogP contribution in [-0.4, -0.2) is 36.8 Å². The number of nitro benzene ring substituents is 1. The zero-order valence-electron chi connectivity index (χ0n) is 16.1. The molecule has 11 heteroatoms. The molecule has 0 aliphatic heterocycles. The molecular weight excluding hydrogens is 411 g/mol. The molecule has 0 fully saturated rings. The maximum Gasteiger partial charge on any atom is 0.306 e. The lowest BCUT2D eigenvalue weighted by atomic mass is 10.1. The lowest BCUT2D eigenvalue weighted by Crippen LogP contribution is -2.15. The molecule has 1 aromatic heterocycles. The molecule has 3 aromatic rings. The van der Waals surface area contributed by atoms with E-state index in [0.717, 1.165) is 48.8 Å². The number of unbranched alkanes of at least 4 members (excludes halogenated alkanes) is 1. The highest BCUT2D eigenvalue weighted by Crippen LogP contribution is 2.23. The highest BCUT2D eigenvalue weighted by Gasteiger charge is 2.16. The minimum atomic E-state index is -0.965. The Morgan fingerprint density at radius 2 is 2.03 bits per heavy atom. The Morgan fingerprint density at radius 3 is 2.73 bits per heavy atom. The van der Waals surface area contributed by atoms with E-state index in [-0.39, 0.29) is 11.4 Å². The van der Waals surface area contributed by atoms with Crippen LogP contribution in [0.25, 0.3) is 5.69 Å². The van der Waals surface area contributed by atoms with E-state index in [0.29, 0.717) is 5.16 Å². The van der Waals surface area contributed by atoms with E-state index in [1.165, 1.54) is 16.3 Å². The molecular formula is C19H19FN6O3S. The highest BCUT2D eigenvalue weighted by molar-refractivity contribution is 7.99. The van der Waals surface area contributed by atoms with Crippen molar-refractivity contribution in [3.8, 4) is 5.69 Å². The summed E-state index contributed by atoms with van der Waals surface area (Å²) in [5.41, 5.74) is 1.44. The van der Waals surface area contributed by atoms with E-state index in [1.807, 2.05) is 24.3 Å². The number of tetrazole rings is 1. The van der Waals surface area contributed by atoms with Crippen LogP contribution < -0.4 is 5.32 Å². The van der Waals surface area contributed by atoms with Gasteiger partial charge >= 0.3 is 5.69 Å². The van der Waals surface area contributed by atoms with Crippen LogP contribution in [0.4, 0.5) is 15.8 Å². The first kappa shape index (κ1) is 21.4. The van der Waals surface area contributed by atoms with E-state index in [1.54, 1.807) is 0 Å². The van der Waals surface area contributed by atoms with Crippen molar-refractivity contribution >= 4 is 29.0 Å². The first-order chi connectivity index (χ1) is 14.5. The summed E-state index contributed by atoms with van der Waals surface area (Å²) in [6.45, 7) is 2.15. The quantitative estimate of drug-likeness (QED) is 0.312. The Bertz CT molecular complexity index is 1040. The van der Waals surface area contributed by atoms with Crippen molar-refractivity contribution < 1.29 is 14.1 Å². The van der Waals surface area contributed by atoms with Crippen LogP contribution in [0.3, 0.4) is 0 Å². The summed E-state index contributed by atoms with van der Waals surface area (Å²) in [5, 5.41) is 25.3. The number of halogens is 1. The van der Waals surface area contributed by atoms with Crippen LogP contribution in [0.2, 0.25) is 0 Å². The minimum Gasteiger partial charge on any atom is -0.325 e. The van der Waals surface area contributed by atoms with Crippen molar-refractivity contribution in [2.24, 2.45) is 0 Å². The average molecular weight is 430 g/mol. The summed E-state index contributed by atoms with van der Waals surface area (Å²) in [6.07, 6.45) is 3.26. The van der Waals surface area contributed by atoms with Gasteiger partial charge in [0, 0.05) is 11.8 Å². The zero-order valence-corrected chi connectivity index (χ0v) is 16.9. The van der Waals surface area contributed by atoms with E-state index in [4.69, 9.17) is 0 Å². The number of carbonyl (C=O) groups is 1. The van der Waals surface area contributed by atoms with Gasteiger partial charge in [0.1, 0.15) is 0 Å². The summed E-state index contributed by atoms with van der Waals surface area (Å²) >= 11 is 1.11. The van der Waals surface area contributed by atoms with Gasteiger partial charge in [-0.3, -0.25) is 14.9 Å². The number of anilines is 1. The number of nitrogens with zero attached hydrogens (tertiary/aromatic N) is 5. The zero-order chi connectivity index (χ0) is 21.5. The molecule has 0 bridgehead atoms. The monoisotopic (exact) mass is 430 g/mol. The fourth-order valence-corrected chi connectivity index (χ4v) is 3.36. The third kappa shape index (κ3) is 5.38. The van der Waals surface area contributed by atoms with E-state index in [9.17, 15) is 19.3 Å². The number of aromatic nitrogens is 4. The number of rotatable bonds is 9. The van der Waals surface area contributed by atoms with Gasteiger partial charge in [0.15, 0.2) is 0 Å². The number of thioether (sulfide) groups is 1. The normalized spacial score (nSPS) is 10.7. The number of hydrogen-bond donors (Lipinski definition) is 1. The van der Waals surface area contributed by atoms with E-state index >= 15 is 0 Å². The molecule has 156 valence electrons. The Hall–Kier alpha value is -3.34. The average Bonchev–Trinajstić information content (AvgIpc) is 3.21. The molecule has 3 rings (SSSR count). The summed E-state index contributed by atoms with van der Waals surface area (Å²) in [4.78, 5) is 22.2. The summed E-state index contributed by atoms with van der Waals surface area (Å²) < 4.78 is 14.9. The van der Waals surface area contributed by atoms with Crippen LogP contribution in [0.5, 0.6) is 0 Å². The third-order valence-corrected chi connectivity index (χ3v) is 5.12. The van der Waals surface area contributed by atoms with Gasteiger partial charge in [-0.15, -0.1) is 5.10 Å². The van der Waals surface area contributed by atoms with Gasteiger partial charge in [0.2, 0.25) is 16.9 Å². The van der Waals surface area contributed by atoms with Gasteiger partial charge in [0.25, 0.3) is 0 Å². The topological polar surface area (TPSA) is 116 Å². The molecule has 2 aromatic carbocycles. The van der Waals surface area contributed by atoms with Gasteiger partial charge in [-0.25, -0.2) is 0 Å². The molecule has 0 aliphatic carbocycles. The smallest absolute Gasteiger partial charge is 0.306 e. The van der Waals surface area contributed by atoms with Crippen molar-refractivity contribution in [3.05, 3.63) is 64.0 Å². The molecule has 0 unspecified atom stereocenters. The van der Waals surface area contributed by atoms with Crippen LogP contribution in [0.1, 0.15) is 25.3 Å². The molecule has 1 heterocycles. The van der Waals surface area contributed by atoms with Crippen molar-refractivity contribution in [2.45, 2.75) is 31.3 Å². The maximum absolute atomic E-state index is 13.4. The fraction of sp³-hybridized carbons (Fsp3) is 0.263. The van der Waals surface area contributed by atoms with Gasteiger partial charge in [-0.2, -0.15) is 9.07 Å². The fourth-order valence-electron chi connectivity index (χ4n) is 2.67. The van der Waals surface area contributed by atoms with Gasteiger partial charge in [0.05, 0.1) is 16.4 Å². The summed E-state index contributed by atoms with van der Waals surface area (Å²) in [6, 6.07) is 11.1. The molecule has 0 radical (unpaired) electrons. The Kier molecular flexibility index (Phi) is 7.07. The highest BCUT2D eigenvalue weighted by atomic mass is 32.2. The number of nitrogens with one attached hydrogen (secondary N) is 1. The first-order valence-corrected chi connectivity index (χ1v) is 10.2. The minimum absolute atomic E-state index is 0.0276. The summed E-state index contributed by atoms with van der Waals surface area (Å²) in [7, 11) is 0. The van der Waals surface area contributed by atoms with Crippen LogP contribution in [0, 0.1) is 15.9 Å². The van der Waals surface area contributed by atoms with Crippen LogP contribution >= 0.6 is 11.8 Å². The standard InChI is InChI=1S/C19H19FN6O3S/c1-2-3-4-13-5-8-15(9-6-13)25-19(22-23-24-25)30-12-18(27)21-14-7-10-16(20)17(11-14)26(28)29/h5-11H,2-4,12H2,1H3,(H,21,27). The number of hydrogen-bond acceptors (Lipinski definition) is 7. The predicted molar refractivity (Wildman–Crippen MR) is 110 cm³/mol. The SMILES string of the molecule is CCCCc1ccc(-n2nnnc2SCC(=O)Nc2ccc(F)c([N+](=O)[O-])c2)cc1. The van der Waals surface area contributed by atoms with Gasteiger partial charge < -0.3 is 5.32 Å². The molecule has 1 amide bonds. The number of amides is 1. The summed E-state index contributed by atoms with van der Waals surface area (Å²) in [5.74, 6) is -1.42. The molecule has 0 spiro atoms. The number of benzene rings is 2. The van der Waals surface area contributed by atoms with Gasteiger partial charge in [-0.1, -0.05) is 37.2 Å². The van der Waals surface area contributed by atoms with Crippen LogP contribution in [-0.2, 0) is 11.2 Å². The Morgan fingerprint density at radius 1 is 1.27 bits per heavy atom. The van der Waals surface area contributed by atoms with Crippen molar-refractivity contribution in [2.75, 3.05) is 11.1 Å². The molecule has 0 atom stereocenters. The molecule has 9 nitrogen and oxygen atoms in total. The Labute approximate surface area is 175 Å². The number of aryl methyl sites for hydroxylation is 1. The predicted octanol–water partition coefficient (Wildman–Crippen LogP) is 3.78. The maximum atomic E-state index is 13.4. The van der Waals surface area contributed by atoms with E-state index < -0.39 is 22.3 Å². The molecule has 0 aliphatic rings. The second-order valence-electron chi connectivity index (χ2n) is 6.40. The largest absolute Gasteiger partial charge is 0.325 e. The van der Waals surface area contributed by atoms with Crippen molar-refractivity contribution in [1.82, 2.24) is 20.2 Å². The number of carbonyl (C=O) groups excluding carboxylic acids is 1. The van der Waals surface area contributed by atoms with Crippen molar-refractivity contribution in [3.63, 3.8) is 0 Å².